The maximum atomic E-state index is 11.7. The molecule has 2 atom stereocenters. The summed E-state index contributed by atoms with van der Waals surface area (Å²) in [4.78, 5) is 13.0. The van der Waals surface area contributed by atoms with Crippen LogP contribution in [0.2, 0.25) is 0 Å². The van der Waals surface area contributed by atoms with Gasteiger partial charge in [0.2, 0.25) is 0 Å². The monoisotopic (exact) mass is 584 g/mol. The lowest BCUT2D eigenvalue weighted by molar-refractivity contribution is -0.268. The topological polar surface area (TPSA) is 89.5 Å². The molecule has 8 nitrogen and oxygen atoms in total. The fourth-order valence-corrected chi connectivity index (χ4v) is 5.64. The minimum Gasteiger partial charge on any atom is -0.530 e. The van der Waals surface area contributed by atoms with Crippen LogP contribution in [0.3, 0.4) is 0 Å². The molecule has 43 heavy (non-hydrogen) atoms. The van der Waals surface area contributed by atoms with E-state index in [1.165, 1.54) is 4.90 Å². The summed E-state index contributed by atoms with van der Waals surface area (Å²) in [5.74, 6) is 2.23. The Morgan fingerprint density at radius 1 is 0.884 bits per heavy atom. The largest absolute Gasteiger partial charge is 0.530 e. The van der Waals surface area contributed by atoms with Crippen LogP contribution in [-0.2, 0) is 22.7 Å². The van der Waals surface area contributed by atoms with Gasteiger partial charge in [0.1, 0.15) is 23.3 Å². The van der Waals surface area contributed by atoms with Crippen LogP contribution in [-0.4, -0.2) is 57.6 Å². The summed E-state index contributed by atoms with van der Waals surface area (Å²) in [6, 6.07) is 27.9. The average molecular weight is 585 g/mol. The Balaban J connectivity index is 1.21. The van der Waals surface area contributed by atoms with Crippen molar-refractivity contribution in [3.63, 3.8) is 0 Å². The van der Waals surface area contributed by atoms with Gasteiger partial charge in [-0.2, -0.15) is 0 Å². The first-order valence-electron chi connectivity index (χ1n) is 14.6. The van der Waals surface area contributed by atoms with Gasteiger partial charge >= 0.3 is 0 Å². The second-order valence-corrected chi connectivity index (χ2v) is 10.6. The van der Waals surface area contributed by atoms with E-state index in [-0.39, 0.29) is 25.2 Å². The van der Waals surface area contributed by atoms with Gasteiger partial charge in [0.15, 0.2) is 0 Å². The molecule has 0 saturated carbocycles. The van der Waals surface area contributed by atoms with Gasteiger partial charge in [0.05, 0.1) is 46.8 Å². The number of fused-ring (bicyclic) bond motifs is 1. The molecule has 1 aliphatic rings. The number of hydrogen-bond acceptors (Lipinski definition) is 7. The lowest BCUT2D eigenvalue weighted by Crippen LogP contribution is -2.51. The SMILES string of the molecule is COc1cc(COC2CN(C(=O)[O-])CCC2c2ccc(OCCCOCc3ccccc3)cc2)c(OC)c2ccccc12. The van der Waals surface area contributed by atoms with Crippen molar-refractivity contribution in [2.75, 3.05) is 40.5 Å². The van der Waals surface area contributed by atoms with Crippen LogP contribution in [0.4, 0.5) is 4.79 Å². The van der Waals surface area contributed by atoms with E-state index in [4.69, 9.17) is 23.7 Å². The van der Waals surface area contributed by atoms with Crippen molar-refractivity contribution in [1.29, 1.82) is 0 Å². The molecule has 4 aromatic rings. The van der Waals surface area contributed by atoms with Crippen LogP contribution in [0.25, 0.3) is 10.8 Å². The summed E-state index contributed by atoms with van der Waals surface area (Å²) in [5, 5.41) is 13.6. The summed E-state index contributed by atoms with van der Waals surface area (Å²) in [6.45, 7) is 2.62. The minimum absolute atomic E-state index is 0.00406. The Labute approximate surface area is 252 Å². The average Bonchev–Trinajstić information content (AvgIpc) is 3.05. The van der Waals surface area contributed by atoms with Crippen LogP contribution >= 0.6 is 0 Å². The third-order valence-corrected chi connectivity index (χ3v) is 7.85. The first kappa shape index (κ1) is 30.2. The highest BCUT2D eigenvalue weighted by Gasteiger charge is 2.32. The van der Waals surface area contributed by atoms with Gasteiger partial charge in [-0.15, -0.1) is 0 Å². The van der Waals surface area contributed by atoms with Crippen molar-refractivity contribution in [2.45, 2.75) is 38.1 Å². The zero-order valence-corrected chi connectivity index (χ0v) is 24.7. The molecule has 1 saturated heterocycles. The fraction of sp³-hybridized carbons (Fsp3) is 0.343. The second-order valence-electron chi connectivity index (χ2n) is 10.6. The van der Waals surface area contributed by atoms with Crippen molar-refractivity contribution in [2.24, 2.45) is 0 Å². The van der Waals surface area contributed by atoms with Gasteiger partial charge in [0.25, 0.3) is 0 Å². The maximum Gasteiger partial charge on any atom is 0.137 e. The lowest BCUT2D eigenvalue weighted by atomic mass is 9.87. The second kappa shape index (κ2) is 14.8. The van der Waals surface area contributed by atoms with E-state index >= 15 is 0 Å². The molecular formula is C35H38NO7-. The van der Waals surface area contributed by atoms with E-state index in [2.05, 4.69) is 0 Å². The van der Waals surface area contributed by atoms with Gasteiger partial charge in [0, 0.05) is 41.8 Å². The molecular weight excluding hydrogens is 546 g/mol. The molecule has 5 rings (SSSR count). The highest BCUT2D eigenvalue weighted by atomic mass is 16.5. The van der Waals surface area contributed by atoms with Crippen LogP contribution in [0, 0.1) is 0 Å². The number of benzene rings is 4. The van der Waals surface area contributed by atoms with Crippen LogP contribution in [0.5, 0.6) is 17.2 Å². The fourth-order valence-electron chi connectivity index (χ4n) is 5.64. The van der Waals surface area contributed by atoms with E-state index in [9.17, 15) is 9.90 Å². The summed E-state index contributed by atoms with van der Waals surface area (Å²) in [7, 11) is 3.28. The lowest BCUT2D eigenvalue weighted by Gasteiger charge is -2.40. The van der Waals surface area contributed by atoms with Crippen molar-refractivity contribution < 1.29 is 33.6 Å². The quantitative estimate of drug-likeness (QED) is 0.190. The molecule has 4 aromatic carbocycles. The minimum atomic E-state index is -1.19. The van der Waals surface area contributed by atoms with E-state index in [0.29, 0.717) is 38.5 Å². The Morgan fingerprint density at radius 2 is 1.63 bits per heavy atom. The van der Waals surface area contributed by atoms with Crippen molar-refractivity contribution >= 4 is 16.9 Å². The molecule has 2 unspecified atom stereocenters. The maximum absolute atomic E-state index is 11.7. The third-order valence-electron chi connectivity index (χ3n) is 7.85. The van der Waals surface area contributed by atoms with Crippen molar-refractivity contribution in [3.8, 4) is 17.2 Å². The summed E-state index contributed by atoms with van der Waals surface area (Å²) in [6.07, 6.45) is -0.152. The van der Waals surface area contributed by atoms with E-state index < -0.39 is 6.09 Å². The molecule has 1 aliphatic heterocycles. The van der Waals surface area contributed by atoms with Crippen molar-refractivity contribution in [3.05, 3.63) is 102 Å². The van der Waals surface area contributed by atoms with Gasteiger partial charge in [-0.25, -0.2) is 0 Å². The Kier molecular flexibility index (Phi) is 10.4. The molecule has 1 amide bonds. The molecule has 0 radical (unpaired) electrons. The number of likely N-dealkylation sites (tertiary alicyclic amines) is 1. The van der Waals surface area contributed by atoms with Gasteiger partial charge in [-0.1, -0.05) is 66.7 Å². The summed E-state index contributed by atoms with van der Waals surface area (Å²) >= 11 is 0. The number of piperidine rings is 1. The number of ether oxygens (including phenoxy) is 5. The van der Waals surface area contributed by atoms with Crippen molar-refractivity contribution in [1.82, 2.24) is 4.90 Å². The predicted octanol–water partition coefficient (Wildman–Crippen LogP) is 5.56. The number of carboxylic acid groups (broad SMARTS) is 1. The number of rotatable bonds is 13. The highest BCUT2D eigenvalue weighted by molar-refractivity contribution is 5.94. The van der Waals surface area contributed by atoms with E-state index in [1.54, 1.807) is 14.2 Å². The van der Waals surface area contributed by atoms with E-state index in [0.717, 1.165) is 45.4 Å². The molecule has 0 aromatic heterocycles. The molecule has 8 heteroatoms. The Hall–Kier alpha value is -4.27. The zero-order valence-electron chi connectivity index (χ0n) is 24.7. The normalized spacial score (nSPS) is 16.7. The Morgan fingerprint density at radius 3 is 2.35 bits per heavy atom. The number of methoxy groups -OCH3 is 2. The number of hydrogen-bond donors (Lipinski definition) is 0. The highest BCUT2D eigenvalue weighted by Crippen LogP contribution is 2.38. The van der Waals surface area contributed by atoms with Gasteiger partial charge in [-0.05, 0) is 35.7 Å². The molecule has 0 N–H and O–H groups in total. The van der Waals surface area contributed by atoms with Crippen LogP contribution < -0.4 is 19.3 Å². The molecule has 226 valence electrons. The number of nitrogens with zero attached hydrogens (tertiary/aromatic N) is 1. The van der Waals surface area contributed by atoms with Crippen LogP contribution in [0.15, 0.2) is 84.9 Å². The molecule has 1 fully saturated rings. The van der Waals surface area contributed by atoms with Gasteiger partial charge < -0.3 is 38.5 Å². The van der Waals surface area contributed by atoms with Gasteiger partial charge in [-0.3, -0.25) is 0 Å². The molecule has 1 heterocycles. The number of amides is 1. The Bertz CT molecular complexity index is 1480. The first-order valence-corrected chi connectivity index (χ1v) is 14.6. The number of carbonyl (C=O) groups excluding carboxylic acids is 1. The smallest absolute Gasteiger partial charge is 0.137 e. The molecule has 0 spiro atoms. The molecule has 0 aliphatic carbocycles. The predicted molar refractivity (Wildman–Crippen MR) is 163 cm³/mol. The molecule has 0 bridgehead atoms. The van der Waals surface area contributed by atoms with Crippen LogP contribution in [0.1, 0.15) is 35.4 Å². The first-order chi connectivity index (χ1) is 21.1. The zero-order chi connectivity index (χ0) is 30.0. The number of carbonyl (C=O) groups is 1. The summed E-state index contributed by atoms with van der Waals surface area (Å²) in [5.41, 5.74) is 3.06. The standard InChI is InChI=1S/C35H39NO7/c1-39-32-21-27(34(40-2)31-12-7-6-11-30(31)32)24-43-33-22-36(35(37)38)18-17-29(33)26-13-15-28(16-14-26)42-20-8-19-41-23-25-9-4-3-5-10-25/h3-7,9-16,21,29,33H,8,17-20,22-24H2,1-2H3,(H,37,38)/p-1. The summed E-state index contributed by atoms with van der Waals surface area (Å²) < 4.78 is 29.6. The third kappa shape index (κ3) is 7.58. The van der Waals surface area contributed by atoms with E-state index in [1.807, 2.05) is 84.9 Å².